The van der Waals surface area contributed by atoms with E-state index in [-0.39, 0.29) is 0 Å². The monoisotopic (exact) mass is 390 g/mol. The van der Waals surface area contributed by atoms with E-state index in [1.807, 2.05) is 13.0 Å². The van der Waals surface area contributed by atoms with E-state index in [1.54, 1.807) is 0 Å². The smallest absolute Gasteiger partial charge is 0.194 e. The maximum absolute atomic E-state index is 5.18. The fourth-order valence-electron chi connectivity index (χ4n) is 4.21. The lowest BCUT2D eigenvalue weighted by Gasteiger charge is -2.36. The number of hydrogen-bond donors (Lipinski definition) is 1. The predicted octanol–water partition coefficient (Wildman–Crippen LogP) is 2.19. The topological polar surface area (TPSA) is 60.1 Å². The summed E-state index contributed by atoms with van der Waals surface area (Å²) in [6.07, 6.45) is 3.89. The molecule has 2 aliphatic heterocycles. The number of aromatic nitrogens is 1. The van der Waals surface area contributed by atoms with Crippen LogP contribution in [0.25, 0.3) is 0 Å². The van der Waals surface area contributed by atoms with Crippen LogP contribution in [0.5, 0.6) is 0 Å². The van der Waals surface area contributed by atoms with Gasteiger partial charge in [-0.25, -0.2) is 0 Å². The Hall–Kier alpha value is -1.60. The van der Waals surface area contributed by atoms with Crippen molar-refractivity contribution in [2.24, 2.45) is 10.9 Å². The molecule has 1 aromatic rings. The summed E-state index contributed by atoms with van der Waals surface area (Å²) in [5.74, 6) is 2.82. The van der Waals surface area contributed by atoms with Crippen molar-refractivity contribution in [3.8, 4) is 0 Å². The standard InChI is InChI=1S/C21H38N6O/c1-4-22-21(23-9-6-19-7-10-25(5-2)11-8-19)27-14-12-26(13-15-27)17-20-16-18(3)28-24-20/h16,19H,4-15,17H2,1-3H3,(H,22,23). The zero-order chi connectivity index (χ0) is 19.8. The van der Waals surface area contributed by atoms with Crippen LogP contribution in [0.1, 0.15) is 44.6 Å². The highest BCUT2D eigenvalue weighted by molar-refractivity contribution is 5.80. The molecule has 0 spiro atoms. The lowest BCUT2D eigenvalue weighted by Crippen LogP contribution is -2.52. The van der Waals surface area contributed by atoms with Gasteiger partial charge < -0.3 is 19.6 Å². The zero-order valence-corrected chi connectivity index (χ0v) is 18.0. The Bertz CT molecular complexity index is 600. The van der Waals surface area contributed by atoms with Gasteiger partial charge in [-0.15, -0.1) is 0 Å². The van der Waals surface area contributed by atoms with E-state index in [0.29, 0.717) is 0 Å². The van der Waals surface area contributed by atoms with Gasteiger partial charge in [-0.2, -0.15) is 0 Å². The summed E-state index contributed by atoms with van der Waals surface area (Å²) in [7, 11) is 0. The minimum Gasteiger partial charge on any atom is -0.361 e. The molecule has 2 saturated heterocycles. The Morgan fingerprint density at radius 1 is 1.14 bits per heavy atom. The van der Waals surface area contributed by atoms with Crippen molar-refractivity contribution in [1.82, 2.24) is 25.2 Å². The van der Waals surface area contributed by atoms with E-state index < -0.39 is 0 Å². The van der Waals surface area contributed by atoms with Crippen LogP contribution in [0.4, 0.5) is 0 Å². The second-order valence-electron chi connectivity index (χ2n) is 8.09. The minimum atomic E-state index is 0.845. The Morgan fingerprint density at radius 2 is 1.89 bits per heavy atom. The first-order chi connectivity index (χ1) is 13.7. The Balaban J connectivity index is 1.43. The average Bonchev–Trinajstić information content (AvgIpc) is 3.13. The number of aliphatic imine (C=N–C) groups is 1. The highest BCUT2D eigenvalue weighted by Crippen LogP contribution is 2.20. The molecule has 0 amide bonds. The second kappa shape index (κ2) is 10.8. The number of likely N-dealkylation sites (tertiary alicyclic amines) is 1. The van der Waals surface area contributed by atoms with Crippen molar-refractivity contribution in [3.63, 3.8) is 0 Å². The molecule has 7 heteroatoms. The molecule has 3 rings (SSSR count). The van der Waals surface area contributed by atoms with E-state index in [9.17, 15) is 0 Å². The third-order valence-corrected chi connectivity index (χ3v) is 6.02. The largest absolute Gasteiger partial charge is 0.361 e. The average molecular weight is 391 g/mol. The first kappa shape index (κ1) is 21.1. The van der Waals surface area contributed by atoms with Crippen molar-refractivity contribution >= 4 is 5.96 Å². The van der Waals surface area contributed by atoms with Gasteiger partial charge in [-0.05, 0) is 58.7 Å². The van der Waals surface area contributed by atoms with Crippen LogP contribution in [0, 0.1) is 12.8 Å². The summed E-state index contributed by atoms with van der Waals surface area (Å²) in [6.45, 7) is 16.9. The molecule has 3 heterocycles. The number of piperazine rings is 1. The van der Waals surface area contributed by atoms with E-state index in [1.165, 1.54) is 38.9 Å². The van der Waals surface area contributed by atoms with Gasteiger partial charge in [0.05, 0.1) is 5.69 Å². The fraction of sp³-hybridized carbons (Fsp3) is 0.810. The predicted molar refractivity (Wildman–Crippen MR) is 114 cm³/mol. The van der Waals surface area contributed by atoms with Crippen LogP contribution in [-0.2, 0) is 6.54 Å². The lowest BCUT2D eigenvalue weighted by atomic mass is 9.94. The molecule has 0 aliphatic carbocycles. The van der Waals surface area contributed by atoms with Crippen LogP contribution in [0.3, 0.4) is 0 Å². The number of aryl methyl sites for hydroxylation is 1. The van der Waals surface area contributed by atoms with Crippen LogP contribution in [-0.4, -0.2) is 84.7 Å². The first-order valence-corrected chi connectivity index (χ1v) is 11.1. The van der Waals surface area contributed by atoms with Gasteiger partial charge in [0.2, 0.25) is 0 Å². The highest BCUT2D eigenvalue weighted by Gasteiger charge is 2.21. The van der Waals surface area contributed by atoms with Crippen LogP contribution >= 0.6 is 0 Å². The van der Waals surface area contributed by atoms with Gasteiger partial charge in [0.1, 0.15) is 5.76 Å². The van der Waals surface area contributed by atoms with E-state index in [4.69, 9.17) is 9.52 Å². The number of nitrogens with one attached hydrogen (secondary N) is 1. The van der Waals surface area contributed by atoms with E-state index in [0.717, 1.165) is 69.1 Å². The Kier molecular flexibility index (Phi) is 8.15. The van der Waals surface area contributed by atoms with E-state index >= 15 is 0 Å². The first-order valence-electron chi connectivity index (χ1n) is 11.1. The minimum absolute atomic E-state index is 0.845. The molecule has 158 valence electrons. The van der Waals surface area contributed by atoms with Gasteiger partial charge in [-0.3, -0.25) is 9.89 Å². The van der Waals surface area contributed by atoms with Crippen LogP contribution < -0.4 is 5.32 Å². The molecular weight excluding hydrogens is 352 g/mol. The quantitative estimate of drug-likeness (QED) is 0.569. The molecule has 0 bridgehead atoms. The zero-order valence-electron chi connectivity index (χ0n) is 18.0. The van der Waals surface area contributed by atoms with Crippen molar-refractivity contribution < 1.29 is 4.52 Å². The summed E-state index contributed by atoms with van der Waals surface area (Å²) in [5.41, 5.74) is 1.03. The summed E-state index contributed by atoms with van der Waals surface area (Å²) >= 11 is 0. The van der Waals surface area contributed by atoms with Crippen molar-refractivity contribution in [2.75, 3.05) is 58.9 Å². The van der Waals surface area contributed by atoms with Crippen molar-refractivity contribution in [3.05, 3.63) is 17.5 Å². The Morgan fingerprint density at radius 3 is 2.50 bits per heavy atom. The summed E-state index contributed by atoms with van der Waals surface area (Å²) in [4.78, 5) is 12.4. The summed E-state index contributed by atoms with van der Waals surface area (Å²) in [6, 6.07) is 2.03. The second-order valence-corrected chi connectivity index (χ2v) is 8.09. The number of rotatable bonds is 7. The molecule has 7 nitrogen and oxygen atoms in total. The molecule has 0 aromatic carbocycles. The summed E-state index contributed by atoms with van der Waals surface area (Å²) < 4.78 is 5.18. The number of guanidine groups is 1. The molecular formula is C21H38N6O. The summed E-state index contributed by atoms with van der Waals surface area (Å²) in [5, 5.41) is 7.62. The van der Waals surface area contributed by atoms with E-state index in [2.05, 4.69) is 39.0 Å². The third-order valence-electron chi connectivity index (χ3n) is 6.02. The third kappa shape index (κ3) is 6.21. The molecule has 0 radical (unpaired) electrons. The highest BCUT2D eigenvalue weighted by atomic mass is 16.5. The normalized spacial score (nSPS) is 20.7. The molecule has 0 unspecified atom stereocenters. The molecule has 2 fully saturated rings. The molecule has 0 saturated carbocycles. The van der Waals surface area contributed by atoms with Gasteiger partial charge in [0.15, 0.2) is 5.96 Å². The fourth-order valence-corrected chi connectivity index (χ4v) is 4.21. The van der Waals surface area contributed by atoms with Gasteiger partial charge in [0.25, 0.3) is 0 Å². The van der Waals surface area contributed by atoms with Crippen LogP contribution in [0.2, 0.25) is 0 Å². The molecule has 1 aromatic heterocycles. The van der Waals surface area contributed by atoms with Crippen molar-refractivity contribution in [2.45, 2.75) is 46.6 Å². The Labute approximate surface area is 170 Å². The maximum Gasteiger partial charge on any atom is 0.194 e. The SMILES string of the molecule is CCNC(=NCCC1CCN(CC)CC1)N1CCN(Cc2cc(C)on2)CC1. The molecule has 1 N–H and O–H groups in total. The number of piperidine rings is 1. The van der Waals surface area contributed by atoms with Gasteiger partial charge in [-0.1, -0.05) is 12.1 Å². The maximum atomic E-state index is 5.18. The van der Waals surface area contributed by atoms with Crippen molar-refractivity contribution in [1.29, 1.82) is 0 Å². The molecule has 28 heavy (non-hydrogen) atoms. The molecule has 0 atom stereocenters. The number of nitrogens with zero attached hydrogens (tertiary/aromatic N) is 5. The lowest BCUT2D eigenvalue weighted by molar-refractivity contribution is 0.168. The van der Waals surface area contributed by atoms with Crippen LogP contribution in [0.15, 0.2) is 15.6 Å². The van der Waals surface area contributed by atoms with Gasteiger partial charge in [0, 0.05) is 51.9 Å². The van der Waals surface area contributed by atoms with Gasteiger partial charge >= 0.3 is 0 Å². The number of hydrogen-bond acceptors (Lipinski definition) is 5. The molecule has 2 aliphatic rings.